The number of hydrogen-bond acceptors (Lipinski definition) is 4. The molecule has 2 heterocycles. The molecule has 0 saturated carbocycles. The normalized spacial score (nSPS) is 10.6. The molecule has 6 heteroatoms. The number of rotatable bonds is 6. The number of H-pyrrole nitrogens is 2. The number of nitrogens with one attached hydrogen (secondary N) is 3. The lowest BCUT2D eigenvalue weighted by Gasteiger charge is -2.06. The van der Waals surface area contributed by atoms with Gasteiger partial charge in [0, 0.05) is 24.7 Å². The third-order valence-electron chi connectivity index (χ3n) is 2.99. The van der Waals surface area contributed by atoms with Crippen molar-refractivity contribution in [2.45, 2.75) is 33.1 Å². The van der Waals surface area contributed by atoms with Gasteiger partial charge in [-0.25, -0.2) is 4.98 Å². The van der Waals surface area contributed by atoms with Gasteiger partial charge in [-0.3, -0.25) is 9.89 Å². The summed E-state index contributed by atoms with van der Waals surface area (Å²) in [5.74, 6) is 1.35. The maximum atomic E-state index is 11.4. The summed E-state index contributed by atoms with van der Waals surface area (Å²) >= 11 is 0. The zero-order valence-electron chi connectivity index (χ0n) is 11.3. The fraction of sp³-hybridized carbons (Fsp3) is 0.462. The minimum absolute atomic E-state index is 0.111. The molecule has 6 nitrogen and oxygen atoms in total. The van der Waals surface area contributed by atoms with E-state index in [-0.39, 0.29) is 5.56 Å². The minimum Gasteiger partial charge on any atom is -0.370 e. The number of hydrogen-bond donors (Lipinski definition) is 3. The van der Waals surface area contributed by atoms with Crippen LogP contribution in [0, 0.1) is 6.92 Å². The third-order valence-corrected chi connectivity index (χ3v) is 2.99. The highest BCUT2D eigenvalue weighted by atomic mass is 16.1. The number of anilines is 1. The smallest absolute Gasteiger partial charge is 0.252 e. The Hall–Kier alpha value is -2.11. The van der Waals surface area contributed by atoms with Crippen LogP contribution >= 0.6 is 0 Å². The van der Waals surface area contributed by atoms with Gasteiger partial charge in [0.2, 0.25) is 0 Å². The lowest BCUT2D eigenvalue weighted by atomic mass is 10.1. The third kappa shape index (κ3) is 3.67. The Morgan fingerprint density at radius 3 is 2.95 bits per heavy atom. The van der Waals surface area contributed by atoms with Gasteiger partial charge in [0.1, 0.15) is 11.6 Å². The molecule has 0 aliphatic rings. The molecule has 0 aromatic carbocycles. The van der Waals surface area contributed by atoms with Crippen LogP contribution in [0.25, 0.3) is 0 Å². The van der Waals surface area contributed by atoms with E-state index in [1.54, 1.807) is 0 Å². The molecular weight excluding hydrogens is 242 g/mol. The van der Waals surface area contributed by atoms with Gasteiger partial charge in [-0.05, 0) is 25.3 Å². The molecule has 0 radical (unpaired) electrons. The number of aromatic nitrogens is 4. The lowest BCUT2D eigenvalue weighted by molar-refractivity contribution is 0.844. The summed E-state index contributed by atoms with van der Waals surface area (Å²) in [6.07, 6.45) is 4.50. The molecule has 0 saturated heterocycles. The highest BCUT2D eigenvalue weighted by Crippen LogP contribution is 2.06. The molecule has 2 rings (SSSR count). The molecule has 2 aromatic rings. The van der Waals surface area contributed by atoms with Crippen LogP contribution in [0.15, 0.2) is 17.1 Å². The van der Waals surface area contributed by atoms with Gasteiger partial charge in [0.15, 0.2) is 0 Å². The average molecular weight is 261 g/mol. The Bertz CT molecular complexity index is 587. The summed E-state index contributed by atoms with van der Waals surface area (Å²) < 4.78 is 0. The summed E-state index contributed by atoms with van der Waals surface area (Å²) in [5, 5.41) is 10.1. The van der Waals surface area contributed by atoms with Crippen LogP contribution in [-0.2, 0) is 12.8 Å². The molecule has 0 fully saturated rings. The Morgan fingerprint density at radius 1 is 1.42 bits per heavy atom. The predicted octanol–water partition coefficient (Wildman–Crippen LogP) is 1.41. The second-order valence-corrected chi connectivity index (χ2v) is 4.48. The summed E-state index contributed by atoms with van der Waals surface area (Å²) in [4.78, 5) is 18.4. The Kier molecular flexibility index (Phi) is 4.33. The second kappa shape index (κ2) is 6.17. The van der Waals surface area contributed by atoms with Crippen LogP contribution in [0.5, 0.6) is 0 Å². The molecule has 102 valence electrons. The van der Waals surface area contributed by atoms with Crippen molar-refractivity contribution in [2.75, 3.05) is 11.9 Å². The Labute approximate surface area is 111 Å². The fourth-order valence-electron chi connectivity index (χ4n) is 1.89. The molecule has 0 aliphatic heterocycles. The second-order valence-electron chi connectivity index (χ2n) is 4.48. The molecule has 0 amide bonds. The molecule has 0 spiro atoms. The quantitative estimate of drug-likeness (QED) is 0.686. The Balaban J connectivity index is 1.84. The van der Waals surface area contributed by atoms with Crippen molar-refractivity contribution in [2.24, 2.45) is 0 Å². The molecule has 0 bridgehead atoms. The predicted molar refractivity (Wildman–Crippen MR) is 74.4 cm³/mol. The Morgan fingerprint density at radius 2 is 2.26 bits per heavy atom. The van der Waals surface area contributed by atoms with Gasteiger partial charge in [0.25, 0.3) is 5.56 Å². The first kappa shape index (κ1) is 13.3. The highest BCUT2D eigenvalue weighted by molar-refractivity contribution is 5.32. The van der Waals surface area contributed by atoms with Crippen LogP contribution in [0.2, 0.25) is 0 Å². The standard InChI is InChI=1S/C13H19N5O/c1-3-11-16-12(7-13(19)17-11)14-6-4-5-10-8-15-18-9(10)2/h7-8H,3-6H2,1-2H3,(H,15,18)(H2,14,16,17,19). The summed E-state index contributed by atoms with van der Waals surface area (Å²) in [6, 6.07) is 1.49. The molecular formula is C13H19N5O. The van der Waals surface area contributed by atoms with Crippen molar-refractivity contribution < 1.29 is 0 Å². The van der Waals surface area contributed by atoms with E-state index >= 15 is 0 Å². The maximum absolute atomic E-state index is 11.4. The van der Waals surface area contributed by atoms with E-state index in [4.69, 9.17) is 0 Å². The zero-order valence-corrected chi connectivity index (χ0v) is 11.3. The molecule has 0 aliphatic carbocycles. The van der Waals surface area contributed by atoms with Crippen molar-refractivity contribution in [3.8, 4) is 0 Å². The van der Waals surface area contributed by atoms with E-state index in [1.807, 2.05) is 20.0 Å². The monoisotopic (exact) mass is 261 g/mol. The van der Waals surface area contributed by atoms with Crippen LogP contribution < -0.4 is 10.9 Å². The van der Waals surface area contributed by atoms with Gasteiger partial charge < -0.3 is 10.3 Å². The van der Waals surface area contributed by atoms with Gasteiger partial charge >= 0.3 is 0 Å². The van der Waals surface area contributed by atoms with Crippen molar-refractivity contribution in [3.05, 3.63) is 39.7 Å². The topological polar surface area (TPSA) is 86.5 Å². The van der Waals surface area contributed by atoms with Crippen LogP contribution in [0.1, 0.15) is 30.4 Å². The van der Waals surface area contributed by atoms with Crippen LogP contribution in [-0.4, -0.2) is 26.7 Å². The van der Waals surface area contributed by atoms with Gasteiger partial charge in [-0.1, -0.05) is 6.92 Å². The first-order valence-electron chi connectivity index (χ1n) is 6.52. The lowest BCUT2D eigenvalue weighted by Crippen LogP contribution is -2.14. The van der Waals surface area contributed by atoms with Crippen molar-refractivity contribution in [1.82, 2.24) is 20.2 Å². The summed E-state index contributed by atoms with van der Waals surface area (Å²) in [6.45, 7) is 4.76. The van der Waals surface area contributed by atoms with E-state index in [9.17, 15) is 4.79 Å². The molecule has 3 N–H and O–H groups in total. The molecule has 19 heavy (non-hydrogen) atoms. The minimum atomic E-state index is -0.111. The fourth-order valence-corrected chi connectivity index (χ4v) is 1.89. The molecule has 0 unspecified atom stereocenters. The molecule has 0 atom stereocenters. The van der Waals surface area contributed by atoms with Crippen LogP contribution in [0.3, 0.4) is 0 Å². The highest BCUT2D eigenvalue weighted by Gasteiger charge is 2.01. The number of aromatic amines is 2. The number of nitrogens with zero attached hydrogens (tertiary/aromatic N) is 2. The first-order chi connectivity index (χ1) is 9.19. The average Bonchev–Trinajstić information content (AvgIpc) is 2.80. The van der Waals surface area contributed by atoms with E-state index in [1.165, 1.54) is 11.6 Å². The zero-order chi connectivity index (χ0) is 13.7. The van der Waals surface area contributed by atoms with Crippen molar-refractivity contribution in [3.63, 3.8) is 0 Å². The van der Waals surface area contributed by atoms with Gasteiger partial charge in [0.05, 0.1) is 6.20 Å². The summed E-state index contributed by atoms with van der Waals surface area (Å²) in [5.41, 5.74) is 2.23. The van der Waals surface area contributed by atoms with Gasteiger partial charge in [-0.2, -0.15) is 5.10 Å². The van der Waals surface area contributed by atoms with Crippen LogP contribution in [0.4, 0.5) is 5.82 Å². The number of aryl methyl sites for hydroxylation is 3. The van der Waals surface area contributed by atoms with E-state index in [0.717, 1.165) is 31.5 Å². The van der Waals surface area contributed by atoms with E-state index in [2.05, 4.69) is 25.5 Å². The van der Waals surface area contributed by atoms with Crippen molar-refractivity contribution in [1.29, 1.82) is 0 Å². The molecule has 2 aromatic heterocycles. The summed E-state index contributed by atoms with van der Waals surface area (Å²) in [7, 11) is 0. The van der Waals surface area contributed by atoms with E-state index in [0.29, 0.717) is 11.6 Å². The maximum Gasteiger partial charge on any atom is 0.252 e. The van der Waals surface area contributed by atoms with E-state index < -0.39 is 0 Å². The first-order valence-corrected chi connectivity index (χ1v) is 6.52. The van der Waals surface area contributed by atoms with Gasteiger partial charge in [-0.15, -0.1) is 0 Å². The SMILES string of the molecule is CCc1nc(NCCCc2cn[nH]c2C)cc(=O)[nH]1. The largest absolute Gasteiger partial charge is 0.370 e. The van der Waals surface area contributed by atoms with Crippen molar-refractivity contribution >= 4 is 5.82 Å².